The SMILES string of the molecule is Cc1cccnc1NC(=O)c1cc2sc3ccccc3c2s1. The van der Waals surface area contributed by atoms with Crippen molar-refractivity contribution in [3.8, 4) is 0 Å². The summed E-state index contributed by atoms with van der Waals surface area (Å²) >= 11 is 3.26. The minimum absolute atomic E-state index is 0.0979. The highest BCUT2D eigenvalue weighted by Gasteiger charge is 2.15. The largest absolute Gasteiger partial charge is 0.306 e. The van der Waals surface area contributed by atoms with Gasteiger partial charge < -0.3 is 5.32 Å². The second kappa shape index (κ2) is 5.19. The van der Waals surface area contributed by atoms with Crippen molar-refractivity contribution in [2.45, 2.75) is 6.92 Å². The minimum atomic E-state index is -0.0979. The number of anilines is 1. The van der Waals surface area contributed by atoms with E-state index in [-0.39, 0.29) is 5.91 Å². The molecule has 5 heteroatoms. The molecule has 0 saturated carbocycles. The molecule has 0 bridgehead atoms. The zero-order chi connectivity index (χ0) is 15.1. The zero-order valence-corrected chi connectivity index (χ0v) is 13.4. The molecule has 1 amide bonds. The highest BCUT2D eigenvalue weighted by molar-refractivity contribution is 7.33. The number of rotatable bonds is 2. The molecule has 1 N–H and O–H groups in total. The summed E-state index contributed by atoms with van der Waals surface area (Å²) in [6.45, 7) is 1.93. The average Bonchev–Trinajstić information content (AvgIpc) is 3.07. The third kappa shape index (κ3) is 2.19. The Morgan fingerprint density at radius 3 is 2.82 bits per heavy atom. The van der Waals surface area contributed by atoms with Crippen LogP contribution in [0.3, 0.4) is 0 Å². The number of carbonyl (C=O) groups excluding carboxylic acids is 1. The maximum absolute atomic E-state index is 12.4. The number of benzene rings is 1. The van der Waals surface area contributed by atoms with E-state index in [9.17, 15) is 4.79 Å². The lowest BCUT2D eigenvalue weighted by atomic mass is 10.2. The van der Waals surface area contributed by atoms with Gasteiger partial charge in [-0.25, -0.2) is 4.98 Å². The van der Waals surface area contributed by atoms with Gasteiger partial charge in [0.2, 0.25) is 0 Å². The Morgan fingerprint density at radius 2 is 1.95 bits per heavy atom. The summed E-state index contributed by atoms with van der Waals surface area (Å²) < 4.78 is 3.61. The van der Waals surface area contributed by atoms with Crippen LogP contribution in [0.5, 0.6) is 0 Å². The van der Waals surface area contributed by atoms with Gasteiger partial charge in [-0.1, -0.05) is 24.3 Å². The molecule has 3 nitrogen and oxygen atoms in total. The summed E-state index contributed by atoms with van der Waals surface area (Å²) in [5, 5.41) is 4.11. The molecule has 0 radical (unpaired) electrons. The molecule has 4 rings (SSSR count). The number of amides is 1. The Bertz CT molecular complexity index is 1000. The quantitative estimate of drug-likeness (QED) is 0.559. The first-order valence-electron chi connectivity index (χ1n) is 6.86. The van der Waals surface area contributed by atoms with Crippen molar-refractivity contribution < 1.29 is 4.79 Å². The van der Waals surface area contributed by atoms with Crippen LogP contribution in [0.15, 0.2) is 48.7 Å². The maximum Gasteiger partial charge on any atom is 0.266 e. The van der Waals surface area contributed by atoms with Crippen molar-refractivity contribution in [1.82, 2.24) is 4.98 Å². The topological polar surface area (TPSA) is 42.0 Å². The number of hydrogen-bond acceptors (Lipinski definition) is 4. The van der Waals surface area contributed by atoms with Gasteiger partial charge in [0.05, 0.1) is 9.58 Å². The molecular weight excluding hydrogens is 312 g/mol. The Labute approximate surface area is 135 Å². The monoisotopic (exact) mass is 324 g/mol. The number of fused-ring (bicyclic) bond motifs is 3. The molecule has 3 heterocycles. The van der Waals surface area contributed by atoms with E-state index in [1.165, 1.54) is 26.1 Å². The maximum atomic E-state index is 12.4. The predicted molar refractivity (Wildman–Crippen MR) is 94.1 cm³/mol. The number of aryl methyl sites for hydroxylation is 1. The zero-order valence-electron chi connectivity index (χ0n) is 11.8. The van der Waals surface area contributed by atoms with Crippen LogP contribution in [-0.2, 0) is 0 Å². The van der Waals surface area contributed by atoms with Crippen molar-refractivity contribution in [2.75, 3.05) is 5.32 Å². The summed E-state index contributed by atoms with van der Waals surface area (Å²) in [5.74, 6) is 0.522. The summed E-state index contributed by atoms with van der Waals surface area (Å²) in [6, 6.07) is 14.1. The lowest BCUT2D eigenvalue weighted by Crippen LogP contribution is -2.12. The molecule has 4 aromatic rings. The van der Waals surface area contributed by atoms with Crippen molar-refractivity contribution in [1.29, 1.82) is 0 Å². The molecule has 22 heavy (non-hydrogen) atoms. The fourth-order valence-corrected chi connectivity index (χ4v) is 4.82. The van der Waals surface area contributed by atoms with E-state index in [1.54, 1.807) is 17.5 Å². The van der Waals surface area contributed by atoms with Crippen molar-refractivity contribution in [2.24, 2.45) is 0 Å². The minimum Gasteiger partial charge on any atom is -0.306 e. The first kappa shape index (κ1) is 13.4. The molecule has 0 spiro atoms. The standard InChI is InChI=1S/C17H12N2OS2/c1-10-5-4-8-18-16(10)19-17(20)14-9-13-15(22-14)11-6-2-3-7-12(11)21-13/h2-9H,1H3,(H,18,19,20). The molecule has 0 aliphatic rings. The Morgan fingerprint density at radius 1 is 1.09 bits per heavy atom. The van der Waals surface area contributed by atoms with E-state index in [1.807, 2.05) is 37.3 Å². The molecule has 1 aromatic carbocycles. The van der Waals surface area contributed by atoms with Gasteiger partial charge in [-0.05, 0) is 30.7 Å². The molecule has 0 unspecified atom stereocenters. The summed E-state index contributed by atoms with van der Waals surface area (Å²) in [4.78, 5) is 17.4. The van der Waals surface area contributed by atoms with Crippen LogP contribution in [0.4, 0.5) is 5.82 Å². The van der Waals surface area contributed by atoms with Gasteiger partial charge in [0.15, 0.2) is 0 Å². The first-order valence-corrected chi connectivity index (χ1v) is 8.50. The van der Waals surface area contributed by atoms with Gasteiger partial charge in [-0.3, -0.25) is 4.79 Å². The number of thiophene rings is 2. The van der Waals surface area contributed by atoms with Gasteiger partial charge in [0, 0.05) is 21.0 Å². The van der Waals surface area contributed by atoms with Gasteiger partial charge in [-0.2, -0.15) is 0 Å². The van der Waals surface area contributed by atoms with E-state index in [4.69, 9.17) is 0 Å². The van der Waals surface area contributed by atoms with E-state index in [0.29, 0.717) is 5.82 Å². The van der Waals surface area contributed by atoms with E-state index in [2.05, 4.69) is 22.4 Å². The van der Waals surface area contributed by atoms with E-state index in [0.717, 1.165) is 15.1 Å². The lowest BCUT2D eigenvalue weighted by molar-refractivity contribution is 0.103. The third-order valence-electron chi connectivity index (χ3n) is 3.51. The smallest absolute Gasteiger partial charge is 0.266 e. The third-order valence-corrected chi connectivity index (χ3v) is 5.93. The fourth-order valence-electron chi connectivity index (χ4n) is 2.40. The molecule has 108 valence electrons. The van der Waals surface area contributed by atoms with Crippen LogP contribution >= 0.6 is 22.7 Å². The summed E-state index contributed by atoms with van der Waals surface area (Å²) in [7, 11) is 0. The average molecular weight is 324 g/mol. The molecule has 3 aromatic heterocycles. The summed E-state index contributed by atoms with van der Waals surface area (Å²) in [6.07, 6.45) is 1.68. The van der Waals surface area contributed by atoms with Crippen LogP contribution in [0.25, 0.3) is 19.5 Å². The van der Waals surface area contributed by atoms with Gasteiger partial charge in [0.25, 0.3) is 5.91 Å². The van der Waals surface area contributed by atoms with E-state index >= 15 is 0 Å². The number of nitrogens with zero attached hydrogens (tertiary/aromatic N) is 1. The highest BCUT2D eigenvalue weighted by atomic mass is 32.1. The fraction of sp³-hybridized carbons (Fsp3) is 0.0588. The molecule has 0 saturated heterocycles. The number of nitrogens with one attached hydrogen (secondary N) is 1. The molecule has 0 aliphatic heterocycles. The Hall–Kier alpha value is -2.24. The van der Waals surface area contributed by atoms with Crippen molar-refractivity contribution in [3.63, 3.8) is 0 Å². The van der Waals surface area contributed by atoms with Crippen LogP contribution in [-0.4, -0.2) is 10.9 Å². The number of pyridine rings is 1. The molecular formula is C17H12N2OS2. The molecule has 0 atom stereocenters. The second-order valence-corrected chi connectivity index (χ2v) is 7.16. The highest BCUT2D eigenvalue weighted by Crippen LogP contribution is 2.39. The molecule has 0 aliphatic carbocycles. The van der Waals surface area contributed by atoms with Crippen LogP contribution in [0, 0.1) is 6.92 Å². The van der Waals surface area contributed by atoms with Crippen LogP contribution in [0.1, 0.15) is 15.2 Å². The Balaban J connectivity index is 1.72. The first-order chi connectivity index (χ1) is 10.7. The van der Waals surface area contributed by atoms with Gasteiger partial charge in [-0.15, -0.1) is 22.7 Å². The number of carbonyl (C=O) groups is 1. The van der Waals surface area contributed by atoms with Crippen LogP contribution in [0.2, 0.25) is 0 Å². The normalized spacial score (nSPS) is 11.1. The Kier molecular flexibility index (Phi) is 3.17. The van der Waals surface area contributed by atoms with E-state index < -0.39 is 0 Å². The molecule has 0 fully saturated rings. The van der Waals surface area contributed by atoms with Gasteiger partial charge in [0.1, 0.15) is 5.82 Å². The predicted octanol–water partition coefficient (Wildman–Crippen LogP) is 5.07. The van der Waals surface area contributed by atoms with Crippen molar-refractivity contribution in [3.05, 3.63) is 59.1 Å². The number of hydrogen-bond donors (Lipinski definition) is 1. The lowest BCUT2D eigenvalue weighted by Gasteiger charge is -2.04. The van der Waals surface area contributed by atoms with Crippen molar-refractivity contribution >= 4 is 53.9 Å². The second-order valence-electron chi connectivity index (χ2n) is 5.03. The van der Waals surface area contributed by atoms with Crippen LogP contribution < -0.4 is 5.32 Å². The summed E-state index contributed by atoms with van der Waals surface area (Å²) in [5.41, 5.74) is 0.958. The van der Waals surface area contributed by atoms with Gasteiger partial charge >= 0.3 is 0 Å². The number of aromatic nitrogens is 1.